The van der Waals surface area contributed by atoms with E-state index in [0.717, 1.165) is 12.3 Å². The predicted molar refractivity (Wildman–Crippen MR) is 88.2 cm³/mol. The van der Waals surface area contributed by atoms with Gasteiger partial charge >= 0.3 is 0 Å². The average Bonchev–Trinajstić information content (AvgIpc) is 2.50. The highest BCUT2D eigenvalue weighted by Crippen LogP contribution is 2.38. The molecule has 112 valence electrons. The number of benzene rings is 1. The lowest BCUT2D eigenvalue weighted by molar-refractivity contribution is 0.0907. The van der Waals surface area contributed by atoms with E-state index in [2.05, 4.69) is 46.8 Å². The number of ether oxygens (including phenoxy) is 1. The molecule has 0 radical (unpaired) electrons. The van der Waals surface area contributed by atoms with Crippen LogP contribution in [0.25, 0.3) is 0 Å². The van der Waals surface area contributed by atoms with Crippen molar-refractivity contribution in [1.29, 1.82) is 0 Å². The van der Waals surface area contributed by atoms with Crippen LogP contribution in [0.5, 0.6) is 5.75 Å². The van der Waals surface area contributed by atoms with E-state index in [1.54, 1.807) is 7.11 Å². The Kier molecular flexibility index (Phi) is 5.50. The molecule has 1 fully saturated rings. The standard InChI is InChI=1S/C17H26BrNO/c1-4-17(5-2)8-10-19(11-9-17)13-14-12-15(20-3)6-7-16(14)18/h6-7,12H,4-5,8-11,13H2,1-3H3. The van der Waals surface area contributed by atoms with Gasteiger partial charge in [0, 0.05) is 11.0 Å². The molecule has 2 nitrogen and oxygen atoms in total. The van der Waals surface area contributed by atoms with Gasteiger partial charge in [0.15, 0.2) is 0 Å². The summed E-state index contributed by atoms with van der Waals surface area (Å²) >= 11 is 3.65. The van der Waals surface area contributed by atoms with Crippen molar-refractivity contribution >= 4 is 15.9 Å². The van der Waals surface area contributed by atoms with E-state index >= 15 is 0 Å². The molecule has 0 aromatic heterocycles. The van der Waals surface area contributed by atoms with Gasteiger partial charge in [-0.1, -0.05) is 42.6 Å². The number of hydrogen-bond acceptors (Lipinski definition) is 2. The van der Waals surface area contributed by atoms with Crippen molar-refractivity contribution in [3.05, 3.63) is 28.2 Å². The minimum atomic E-state index is 0.599. The third-order valence-electron chi connectivity index (χ3n) is 5.06. The quantitative estimate of drug-likeness (QED) is 0.759. The van der Waals surface area contributed by atoms with Crippen molar-refractivity contribution < 1.29 is 4.74 Å². The molecule has 0 atom stereocenters. The number of likely N-dealkylation sites (tertiary alicyclic amines) is 1. The molecule has 0 amide bonds. The van der Waals surface area contributed by atoms with Crippen molar-refractivity contribution in [1.82, 2.24) is 4.90 Å². The topological polar surface area (TPSA) is 12.5 Å². The van der Waals surface area contributed by atoms with Gasteiger partial charge in [0.05, 0.1) is 7.11 Å². The number of halogens is 1. The molecule has 0 unspecified atom stereocenters. The first-order valence-electron chi connectivity index (χ1n) is 7.67. The predicted octanol–water partition coefficient (Wildman–Crippen LogP) is 4.86. The van der Waals surface area contributed by atoms with Crippen LogP contribution in [-0.2, 0) is 6.54 Å². The minimum Gasteiger partial charge on any atom is -0.497 e. The number of methoxy groups -OCH3 is 1. The lowest BCUT2D eigenvalue weighted by atomic mass is 9.74. The van der Waals surface area contributed by atoms with E-state index in [-0.39, 0.29) is 0 Å². The van der Waals surface area contributed by atoms with Gasteiger partial charge in [-0.3, -0.25) is 4.90 Å². The Bertz CT molecular complexity index is 433. The fourth-order valence-electron chi connectivity index (χ4n) is 3.18. The van der Waals surface area contributed by atoms with Gasteiger partial charge < -0.3 is 4.74 Å². The monoisotopic (exact) mass is 339 g/mol. The second kappa shape index (κ2) is 6.95. The van der Waals surface area contributed by atoms with Crippen LogP contribution in [0.4, 0.5) is 0 Å². The first-order chi connectivity index (χ1) is 9.62. The van der Waals surface area contributed by atoms with Gasteiger partial charge in [0.2, 0.25) is 0 Å². The Labute approximate surface area is 131 Å². The zero-order chi connectivity index (χ0) is 14.6. The van der Waals surface area contributed by atoms with Crippen LogP contribution >= 0.6 is 15.9 Å². The van der Waals surface area contributed by atoms with Crippen LogP contribution in [0.2, 0.25) is 0 Å². The highest BCUT2D eigenvalue weighted by atomic mass is 79.9. The largest absolute Gasteiger partial charge is 0.497 e. The molecule has 1 heterocycles. The molecule has 0 aliphatic carbocycles. The van der Waals surface area contributed by atoms with Gasteiger partial charge in [0.1, 0.15) is 5.75 Å². The number of rotatable bonds is 5. The maximum absolute atomic E-state index is 5.33. The van der Waals surface area contributed by atoms with E-state index in [0.29, 0.717) is 5.41 Å². The van der Waals surface area contributed by atoms with Crippen LogP contribution in [-0.4, -0.2) is 25.1 Å². The Morgan fingerprint density at radius 3 is 2.40 bits per heavy atom. The van der Waals surface area contributed by atoms with Gasteiger partial charge in [-0.05, 0) is 55.1 Å². The minimum absolute atomic E-state index is 0.599. The van der Waals surface area contributed by atoms with Gasteiger partial charge in [0.25, 0.3) is 0 Å². The van der Waals surface area contributed by atoms with Crippen molar-refractivity contribution in [2.45, 2.75) is 46.1 Å². The van der Waals surface area contributed by atoms with Crippen LogP contribution in [0, 0.1) is 5.41 Å². The third kappa shape index (κ3) is 3.56. The molecule has 2 rings (SSSR count). The molecule has 1 aliphatic rings. The van der Waals surface area contributed by atoms with Crippen LogP contribution in [0.15, 0.2) is 22.7 Å². The van der Waals surface area contributed by atoms with Gasteiger partial charge in [-0.25, -0.2) is 0 Å². The fraction of sp³-hybridized carbons (Fsp3) is 0.647. The normalized spacial score (nSPS) is 19.0. The molecule has 20 heavy (non-hydrogen) atoms. The molecule has 1 aromatic carbocycles. The fourth-order valence-corrected chi connectivity index (χ4v) is 3.55. The van der Waals surface area contributed by atoms with E-state index in [1.807, 2.05) is 6.07 Å². The van der Waals surface area contributed by atoms with Crippen LogP contribution in [0.1, 0.15) is 45.1 Å². The molecule has 1 aliphatic heterocycles. The molecule has 0 spiro atoms. The summed E-state index contributed by atoms with van der Waals surface area (Å²) in [4.78, 5) is 2.57. The number of piperidine rings is 1. The summed E-state index contributed by atoms with van der Waals surface area (Å²) in [6, 6.07) is 6.23. The molecule has 0 N–H and O–H groups in total. The smallest absolute Gasteiger partial charge is 0.119 e. The first kappa shape index (κ1) is 15.8. The van der Waals surface area contributed by atoms with Crippen LogP contribution in [0.3, 0.4) is 0 Å². The zero-order valence-electron chi connectivity index (χ0n) is 12.9. The number of nitrogens with zero attached hydrogens (tertiary/aromatic N) is 1. The average molecular weight is 340 g/mol. The second-order valence-electron chi connectivity index (χ2n) is 5.94. The van der Waals surface area contributed by atoms with E-state index in [1.165, 1.54) is 48.8 Å². The van der Waals surface area contributed by atoms with Gasteiger partial charge in [-0.2, -0.15) is 0 Å². The van der Waals surface area contributed by atoms with Crippen LogP contribution < -0.4 is 4.74 Å². The summed E-state index contributed by atoms with van der Waals surface area (Å²) in [7, 11) is 1.73. The molecular weight excluding hydrogens is 314 g/mol. The summed E-state index contributed by atoms with van der Waals surface area (Å²) < 4.78 is 6.51. The Balaban J connectivity index is 1.99. The Morgan fingerprint density at radius 2 is 1.85 bits per heavy atom. The lowest BCUT2D eigenvalue weighted by Gasteiger charge is -2.41. The molecular formula is C17H26BrNO. The third-order valence-corrected chi connectivity index (χ3v) is 5.84. The molecule has 1 aromatic rings. The summed E-state index contributed by atoms with van der Waals surface area (Å²) in [5.41, 5.74) is 1.92. The highest BCUT2D eigenvalue weighted by molar-refractivity contribution is 9.10. The summed E-state index contributed by atoms with van der Waals surface area (Å²) in [6.45, 7) is 8.13. The first-order valence-corrected chi connectivity index (χ1v) is 8.46. The summed E-state index contributed by atoms with van der Waals surface area (Å²) in [5, 5.41) is 0. The van der Waals surface area contributed by atoms with E-state index < -0.39 is 0 Å². The molecule has 1 saturated heterocycles. The maximum Gasteiger partial charge on any atom is 0.119 e. The zero-order valence-corrected chi connectivity index (χ0v) is 14.5. The molecule has 3 heteroatoms. The number of hydrogen-bond donors (Lipinski definition) is 0. The molecule has 0 saturated carbocycles. The molecule has 0 bridgehead atoms. The SMILES string of the molecule is CCC1(CC)CCN(Cc2cc(OC)ccc2Br)CC1. The highest BCUT2D eigenvalue weighted by Gasteiger charge is 2.31. The second-order valence-corrected chi connectivity index (χ2v) is 6.79. The van der Waals surface area contributed by atoms with Crippen molar-refractivity contribution in [2.75, 3.05) is 20.2 Å². The summed E-state index contributed by atoms with van der Waals surface area (Å²) in [6.07, 6.45) is 5.31. The van der Waals surface area contributed by atoms with Crippen molar-refractivity contribution in [2.24, 2.45) is 5.41 Å². The summed E-state index contributed by atoms with van der Waals surface area (Å²) in [5.74, 6) is 0.941. The van der Waals surface area contributed by atoms with Crippen molar-refractivity contribution in [3.63, 3.8) is 0 Å². The van der Waals surface area contributed by atoms with Gasteiger partial charge in [-0.15, -0.1) is 0 Å². The Morgan fingerprint density at radius 1 is 1.20 bits per heavy atom. The van der Waals surface area contributed by atoms with E-state index in [4.69, 9.17) is 4.74 Å². The Hall–Kier alpha value is -0.540. The van der Waals surface area contributed by atoms with E-state index in [9.17, 15) is 0 Å². The van der Waals surface area contributed by atoms with Crippen molar-refractivity contribution in [3.8, 4) is 5.75 Å². The maximum atomic E-state index is 5.33. The lowest BCUT2D eigenvalue weighted by Crippen LogP contribution is -2.39.